The summed E-state index contributed by atoms with van der Waals surface area (Å²) in [6.45, 7) is 11.2. The van der Waals surface area contributed by atoms with Crippen LogP contribution in [0.2, 0.25) is 0 Å². The highest BCUT2D eigenvalue weighted by Gasteiger charge is 2.43. The van der Waals surface area contributed by atoms with Crippen LogP contribution in [0.4, 0.5) is 10.1 Å². The Bertz CT molecular complexity index is 2830. The second-order valence-corrected chi connectivity index (χ2v) is 19.2. The number of aromatic nitrogens is 4. The topological polar surface area (TPSA) is 158 Å². The van der Waals surface area contributed by atoms with Crippen molar-refractivity contribution in [2.45, 2.75) is 83.9 Å². The summed E-state index contributed by atoms with van der Waals surface area (Å²) in [4.78, 5) is 39.2. The number of hydrogen-bond donors (Lipinski definition) is 3. The van der Waals surface area contributed by atoms with Gasteiger partial charge in [-0.15, -0.1) is 32.9 Å². The minimum Gasteiger partial charge on any atom is -0.507 e. The molecule has 2 fully saturated rings. The van der Waals surface area contributed by atoms with Crippen LogP contribution in [0, 0.1) is 25.6 Å². The number of nitrogens with zero attached hydrogens (tertiary/aromatic N) is 6. The number of rotatable bonds is 11. The summed E-state index contributed by atoms with van der Waals surface area (Å²) in [5.74, 6) is -1.30. The number of phenolic OH excluding ortho intramolecular Hbond substituents is 1. The van der Waals surface area contributed by atoms with Gasteiger partial charge in [0.15, 0.2) is 0 Å². The van der Waals surface area contributed by atoms with Crippen molar-refractivity contribution in [2.75, 3.05) is 24.5 Å². The van der Waals surface area contributed by atoms with E-state index in [-0.39, 0.29) is 48.3 Å². The van der Waals surface area contributed by atoms with Crippen LogP contribution in [0.3, 0.4) is 0 Å². The summed E-state index contributed by atoms with van der Waals surface area (Å²) < 4.78 is 21.8. The molecule has 0 spiro atoms. The zero-order valence-electron chi connectivity index (χ0n) is 36.3. The molecule has 4 atom stereocenters. The maximum absolute atomic E-state index is 16.0. The smallest absolute Gasteiger partial charge is 0.243 e. The number of thiophene rings is 1. The van der Waals surface area contributed by atoms with Crippen molar-refractivity contribution in [3.63, 3.8) is 0 Å². The van der Waals surface area contributed by atoms with Crippen LogP contribution in [-0.4, -0.2) is 79.0 Å². The lowest BCUT2D eigenvalue weighted by molar-refractivity contribution is -0.141. The summed E-state index contributed by atoms with van der Waals surface area (Å²) in [6, 6.07) is 22.6. The maximum atomic E-state index is 16.0. The van der Waals surface area contributed by atoms with E-state index in [1.54, 1.807) is 46.9 Å². The van der Waals surface area contributed by atoms with Crippen LogP contribution in [0.15, 0.2) is 88.9 Å². The predicted octanol–water partition coefficient (Wildman–Crippen LogP) is 9.56. The molecule has 2 aliphatic rings. The minimum absolute atomic E-state index is 0.0163. The van der Waals surface area contributed by atoms with Gasteiger partial charge < -0.3 is 29.9 Å². The van der Waals surface area contributed by atoms with Crippen LogP contribution < -0.4 is 10.2 Å². The normalized spacial score (nSPS) is 17.9. The Balaban J connectivity index is 0.847. The molecular weight excluding hydrogens is 850 g/mol. The Morgan fingerprint density at radius 1 is 0.938 bits per heavy atom. The van der Waals surface area contributed by atoms with Gasteiger partial charge in [-0.05, 0) is 92.5 Å². The number of thiazole rings is 1. The number of hydrogen-bond acceptors (Lipinski definition) is 12. The number of aliphatic hydroxyl groups excluding tert-OH is 1. The summed E-state index contributed by atoms with van der Waals surface area (Å²) in [5.41, 5.74) is 8.63. The van der Waals surface area contributed by atoms with E-state index in [1.807, 2.05) is 81.7 Å². The lowest BCUT2D eigenvalue weighted by Crippen LogP contribution is -2.48. The average molecular weight is 900 g/mol. The molecule has 2 saturated heterocycles. The van der Waals surface area contributed by atoms with E-state index in [9.17, 15) is 19.8 Å². The number of phenols is 1. The Morgan fingerprint density at radius 2 is 1.69 bits per heavy atom. The molecule has 3 aromatic carbocycles. The summed E-state index contributed by atoms with van der Waals surface area (Å²) in [5, 5.41) is 38.4. The number of fused-ring (bicyclic) bond motifs is 1. The number of amides is 2. The molecule has 64 heavy (non-hydrogen) atoms. The van der Waals surface area contributed by atoms with Gasteiger partial charge in [0, 0.05) is 53.5 Å². The number of likely N-dealkylation sites (tertiary alicyclic amines) is 1. The first kappa shape index (κ1) is 43.2. The Kier molecular flexibility index (Phi) is 12.1. The number of carbonyl (C=O) groups excluding carboxylic acids is 2. The van der Waals surface area contributed by atoms with Crippen molar-refractivity contribution in [1.29, 1.82) is 0 Å². The number of carbonyl (C=O) groups is 2. The van der Waals surface area contributed by atoms with E-state index in [1.165, 1.54) is 21.4 Å². The van der Waals surface area contributed by atoms with Gasteiger partial charge in [0.1, 0.15) is 39.8 Å². The Labute approximate surface area is 378 Å². The number of benzene rings is 3. The molecule has 3 N–H and O–H groups in total. The summed E-state index contributed by atoms with van der Waals surface area (Å²) in [6.07, 6.45) is 0.960. The molecule has 15 heteroatoms. The monoisotopic (exact) mass is 899 g/mol. The van der Waals surface area contributed by atoms with Crippen LogP contribution in [0.1, 0.15) is 85.4 Å². The van der Waals surface area contributed by atoms with E-state index in [2.05, 4.69) is 37.5 Å². The molecule has 12 nitrogen and oxygen atoms in total. The fraction of sp³-hybridized carbons (Fsp3) is 0.347. The first-order chi connectivity index (χ1) is 30.8. The number of halogens is 1. The van der Waals surface area contributed by atoms with Crippen molar-refractivity contribution in [2.24, 2.45) is 5.92 Å². The highest BCUT2D eigenvalue weighted by atomic mass is 32.1. The van der Waals surface area contributed by atoms with Crippen LogP contribution in [0.5, 0.6) is 5.75 Å². The third-order valence-corrected chi connectivity index (χ3v) is 15.1. The SMILES string of the molecule is Cc1ncsc1-c1ccc([C@H](C)NC(=O)[C@@H]2C[C@@H](O)CN2C(=O)[C@@H](c2cc(-c3ccc(N4CCC(c5sc6nnc(-c7ccccc7O)cc6c5C)CC4)c(F)c3)no2)C(C)C)cc1. The predicted molar refractivity (Wildman–Crippen MR) is 248 cm³/mol. The number of para-hydroxylation sites is 1. The minimum atomic E-state index is -0.868. The van der Waals surface area contributed by atoms with Gasteiger partial charge in [-0.25, -0.2) is 9.37 Å². The molecule has 4 aromatic heterocycles. The lowest BCUT2D eigenvalue weighted by Gasteiger charge is -2.33. The van der Waals surface area contributed by atoms with Crippen LogP contribution in [-0.2, 0) is 9.59 Å². The first-order valence-electron chi connectivity index (χ1n) is 21.7. The molecular formula is C49H50FN7O5S2. The molecule has 2 amide bonds. The van der Waals surface area contributed by atoms with Crippen molar-refractivity contribution < 1.29 is 28.7 Å². The highest BCUT2D eigenvalue weighted by Crippen LogP contribution is 2.42. The largest absolute Gasteiger partial charge is 0.507 e. The number of piperidine rings is 1. The van der Waals surface area contributed by atoms with Crippen molar-refractivity contribution in [1.82, 2.24) is 30.6 Å². The number of aryl methyl sites for hydroxylation is 2. The third kappa shape index (κ3) is 8.39. The zero-order chi connectivity index (χ0) is 44.8. The third-order valence-electron chi connectivity index (χ3n) is 12.8. The fourth-order valence-electron chi connectivity index (χ4n) is 9.24. The molecule has 0 saturated carbocycles. The zero-order valence-corrected chi connectivity index (χ0v) is 37.9. The van der Waals surface area contributed by atoms with Crippen molar-refractivity contribution in [3.05, 3.63) is 118 Å². The van der Waals surface area contributed by atoms with Gasteiger partial charge in [0.2, 0.25) is 11.8 Å². The molecule has 0 aliphatic carbocycles. The molecule has 330 valence electrons. The number of nitrogens with one attached hydrogen (secondary N) is 1. The molecule has 0 radical (unpaired) electrons. The lowest BCUT2D eigenvalue weighted by atomic mass is 9.91. The Morgan fingerprint density at radius 3 is 2.39 bits per heavy atom. The first-order valence-corrected chi connectivity index (χ1v) is 23.4. The molecule has 9 rings (SSSR count). The van der Waals surface area contributed by atoms with Gasteiger partial charge in [-0.3, -0.25) is 9.59 Å². The van der Waals surface area contributed by atoms with Crippen LogP contribution in [0.25, 0.3) is 43.2 Å². The van der Waals surface area contributed by atoms with E-state index in [0.29, 0.717) is 53.0 Å². The highest BCUT2D eigenvalue weighted by molar-refractivity contribution is 7.19. The molecule has 0 bridgehead atoms. The summed E-state index contributed by atoms with van der Waals surface area (Å²) in [7, 11) is 0. The number of aromatic hydroxyl groups is 1. The molecule has 2 aliphatic heterocycles. The van der Waals surface area contributed by atoms with Gasteiger partial charge in [0.05, 0.1) is 39.6 Å². The number of anilines is 1. The van der Waals surface area contributed by atoms with E-state index in [4.69, 9.17) is 4.52 Å². The van der Waals surface area contributed by atoms with E-state index < -0.39 is 18.1 Å². The maximum Gasteiger partial charge on any atom is 0.243 e. The van der Waals surface area contributed by atoms with Crippen molar-refractivity contribution >= 4 is 50.4 Å². The van der Waals surface area contributed by atoms with E-state index >= 15 is 4.39 Å². The second kappa shape index (κ2) is 17.9. The average Bonchev–Trinajstić information content (AvgIpc) is 4.11. The number of β-amino-alcohol motifs (C(OH)–C–C–N with tert-alkyl or cyclic N) is 1. The van der Waals surface area contributed by atoms with Gasteiger partial charge in [-0.2, -0.15) is 0 Å². The van der Waals surface area contributed by atoms with Crippen LogP contribution >= 0.6 is 22.7 Å². The fourth-order valence-corrected chi connectivity index (χ4v) is 11.3. The molecule has 0 unspecified atom stereocenters. The second-order valence-electron chi connectivity index (χ2n) is 17.3. The Hall–Kier alpha value is -6.03. The quantitative estimate of drug-likeness (QED) is 0.114. The standard InChI is InChI=1S/C49H50FN7O5S2/c1-26(2)44(49(61)57-24-34(58)21-41(57)47(60)52-28(4)30-10-12-31(13-11-30)46-29(5)51-25-63-46)43-23-38(55-62-43)33-14-15-40(37(50)20-33)56-18-16-32(17-19-56)45-27(3)36-22-39(53-54-48(36)64-45)35-8-6-7-9-42(35)59/h6-15,20,22-23,25-26,28,32,34,41,44,58-59H,16-19,21,24H2,1-5H3,(H,52,60)/t28-,34+,41-,44+/m0/s1. The van der Waals surface area contributed by atoms with Gasteiger partial charge in [-0.1, -0.05) is 61.5 Å². The van der Waals surface area contributed by atoms with Crippen molar-refractivity contribution in [3.8, 4) is 38.7 Å². The molecule has 7 aromatic rings. The molecule has 6 heterocycles. The van der Waals surface area contributed by atoms with Gasteiger partial charge >= 0.3 is 0 Å². The summed E-state index contributed by atoms with van der Waals surface area (Å²) >= 11 is 3.24. The van der Waals surface area contributed by atoms with Gasteiger partial charge in [0.25, 0.3) is 0 Å². The number of aliphatic hydroxyl groups is 1. The van der Waals surface area contributed by atoms with E-state index in [0.717, 1.165) is 44.8 Å².